The summed E-state index contributed by atoms with van der Waals surface area (Å²) in [5, 5.41) is 13.4. The zero-order valence-corrected chi connectivity index (χ0v) is 16.5. The van der Waals surface area contributed by atoms with Crippen LogP contribution >= 0.6 is 0 Å². The first-order valence-electron chi connectivity index (χ1n) is 9.96. The van der Waals surface area contributed by atoms with Crippen molar-refractivity contribution < 1.29 is 24.0 Å². The highest BCUT2D eigenvalue weighted by Crippen LogP contribution is 2.28. The van der Waals surface area contributed by atoms with Gasteiger partial charge in [0, 0.05) is 19.0 Å². The number of nitrogens with zero attached hydrogens (tertiary/aromatic N) is 2. The predicted octanol–water partition coefficient (Wildman–Crippen LogP) is 1.51. The maximum atomic E-state index is 12.6. The number of aromatic amines is 1. The number of benzene rings is 1. The van der Waals surface area contributed by atoms with Gasteiger partial charge < -0.3 is 20.5 Å². The summed E-state index contributed by atoms with van der Waals surface area (Å²) in [5.41, 5.74) is 7.03. The summed E-state index contributed by atoms with van der Waals surface area (Å²) in [4.78, 5) is 39.4. The van der Waals surface area contributed by atoms with Gasteiger partial charge in [-0.15, -0.1) is 0 Å². The van der Waals surface area contributed by atoms with Gasteiger partial charge in [-0.2, -0.15) is 0 Å². The smallest absolute Gasteiger partial charge is 0.438 e. The van der Waals surface area contributed by atoms with Gasteiger partial charge in [0.2, 0.25) is 0 Å². The number of carboxylic acid groups (broad SMARTS) is 1. The minimum Gasteiger partial charge on any atom is -0.481 e. The molecule has 1 aliphatic rings. The third kappa shape index (κ3) is 5.47. The van der Waals surface area contributed by atoms with E-state index in [0.29, 0.717) is 44.5 Å². The van der Waals surface area contributed by atoms with Crippen LogP contribution in [0.25, 0.3) is 0 Å². The second-order valence-electron chi connectivity index (χ2n) is 7.41. The SMILES string of the molecule is N[C@@H]1CCN(C(=O)OCc2ccccc2)[C@H]1C(CCCCc1noc(=O)[nH]1)C(=O)O. The molecule has 0 radical (unpaired) electrons. The molecule has 162 valence electrons. The van der Waals surface area contributed by atoms with Gasteiger partial charge in [0.1, 0.15) is 6.61 Å². The van der Waals surface area contributed by atoms with Crippen LogP contribution in [-0.2, 0) is 22.6 Å². The van der Waals surface area contributed by atoms with E-state index in [1.165, 1.54) is 4.90 Å². The van der Waals surface area contributed by atoms with E-state index in [2.05, 4.69) is 14.7 Å². The molecule has 30 heavy (non-hydrogen) atoms. The van der Waals surface area contributed by atoms with Crippen molar-refractivity contribution in [3.05, 3.63) is 52.3 Å². The van der Waals surface area contributed by atoms with E-state index < -0.39 is 35.8 Å². The number of carbonyl (C=O) groups is 2. The number of H-pyrrole nitrogens is 1. The van der Waals surface area contributed by atoms with Gasteiger partial charge in [-0.25, -0.2) is 9.59 Å². The van der Waals surface area contributed by atoms with E-state index in [0.717, 1.165) is 5.56 Å². The molecule has 1 aromatic carbocycles. The number of aryl methyl sites for hydroxylation is 1. The number of aromatic nitrogens is 2. The van der Waals surface area contributed by atoms with Crippen molar-refractivity contribution >= 4 is 12.1 Å². The fourth-order valence-electron chi connectivity index (χ4n) is 3.84. The molecular weight excluding hydrogens is 392 g/mol. The average Bonchev–Trinajstić information content (AvgIpc) is 3.32. The molecule has 0 saturated carbocycles. The van der Waals surface area contributed by atoms with Crippen molar-refractivity contribution in [1.29, 1.82) is 0 Å². The van der Waals surface area contributed by atoms with Crippen LogP contribution in [0.15, 0.2) is 39.6 Å². The normalized spacial score (nSPS) is 19.6. The molecule has 10 nitrogen and oxygen atoms in total. The number of amides is 1. The Labute approximate surface area is 173 Å². The van der Waals surface area contributed by atoms with Gasteiger partial charge in [0.25, 0.3) is 0 Å². The van der Waals surface area contributed by atoms with Crippen molar-refractivity contribution in [3.63, 3.8) is 0 Å². The highest BCUT2D eigenvalue weighted by molar-refractivity contribution is 5.74. The standard InChI is InChI=1S/C20H26N4O6/c21-15-10-11-24(20(28)29-12-13-6-2-1-3-7-13)17(15)14(18(25)26)8-4-5-9-16-22-19(27)30-23-16/h1-3,6-7,14-15,17H,4-5,8-12,21H2,(H,25,26)(H,22,23,27)/t14?,15-,17+/m1/s1. The third-order valence-electron chi connectivity index (χ3n) is 5.33. The number of rotatable bonds is 9. The first kappa shape index (κ1) is 21.6. The molecule has 1 saturated heterocycles. The maximum Gasteiger partial charge on any atom is 0.438 e. The molecule has 2 aromatic rings. The molecule has 1 unspecified atom stereocenters. The molecule has 1 fully saturated rings. The zero-order valence-electron chi connectivity index (χ0n) is 16.5. The second kappa shape index (κ2) is 10.1. The molecule has 0 spiro atoms. The molecule has 2 heterocycles. The number of hydrogen-bond donors (Lipinski definition) is 3. The molecule has 3 rings (SSSR count). The summed E-state index contributed by atoms with van der Waals surface area (Å²) in [7, 11) is 0. The van der Waals surface area contributed by atoms with Gasteiger partial charge in [-0.3, -0.25) is 14.3 Å². The summed E-state index contributed by atoms with van der Waals surface area (Å²) >= 11 is 0. The number of carbonyl (C=O) groups excluding carboxylic acids is 1. The molecule has 1 amide bonds. The van der Waals surface area contributed by atoms with Crippen LogP contribution in [0.2, 0.25) is 0 Å². The van der Waals surface area contributed by atoms with E-state index in [-0.39, 0.29) is 6.61 Å². The highest BCUT2D eigenvalue weighted by Gasteiger charge is 2.43. The minimum atomic E-state index is -0.993. The molecular formula is C20H26N4O6. The summed E-state index contributed by atoms with van der Waals surface area (Å²) in [6.07, 6.45) is 1.97. The lowest BCUT2D eigenvalue weighted by Crippen LogP contribution is -2.49. The number of nitrogens with one attached hydrogen (secondary N) is 1. The van der Waals surface area contributed by atoms with E-state index in [4.69, 9.17) is 10.5 Å². The van der Waals surface area contributed by atoms with E-state index >= 15 is 0 Å². The quantitative estimate of drug-likeness (QED) is 0.518. The second-order valence-corrected chi connectivity index (χ2v) is 7.41. The van der Waals surface area contributed by atoms with Gasteiger partial charge in [-0.05, 0) is 24.8 Å². The van der Waals surface area contributed by atoms with Crippen LogP contribution in [-0.4, -0.2) is 50.8 Å². The molecule has 0 bridgehead atoms. The van der Waals surface area contributed by atoms with Crippen LogP contribution in [0.3, 0.4) is 0 Å². The number of hydrogen-bond acceptors (Lipinski definition) is 7. The molecule has 1 aliphatic heterocycles. The van der Waals surface area contributed by atoms with Crippen LogP contribution in [0, 0.1) is 5.92 Å². The first-order valence-corrected chi connectivity index (χ1v) is 9.96. The Morgan fingerprint density at radius 1 is 1.33 bits per heavy atom. The maximum absolute atomic E-state index is 12.6. The fourth-order valence-corrected chi connectivity index (χ4v) is 3.84. The summed E-state index contributed by atoms with van der Waals surface area (Å²) < 4.78 is 9.83. The van der Waals surface area contributed by atoms with Crippen molar-refractivity contribution in [3.8, 4) is 0 Å². The van der Waals surface area contributed by atoms with Crippen LogP contribution in [0.4, 0.5) is 4.79 Å². The molecule has 4 N–H and O–H groups in total. The first-order chi connectivity index (χ1) is 14.5. The lowest BCUT2D eigenvalue weighted by molar-refractivity contribution is -0.144. The monoisotopic (exact) mass is 418 g/mol. The largest absolute Gasteiger partial charge is 0.481 e. The predicted molar refractivity (Wildman–Crippen MR) is 106 cm³/mol. The highest BCUT2D eigenvalue weighted by atomic mass is 16.6. The van der Waals surface area contributed by atoms with Gasteiger partial charge in [-0.1, -0.05) is 41.9 Å². The molecule has 0 aliphatic carbocycles. The Hall–Kier alpha value is -3.14. The summed E-state index contributed by atoms with van der Waals surface area (Å²) in [6, 6.07) is 8.23. The Morgan fingerprint density at radius 2 is 2.10 bits per heavy atom. The van der Waals surface area contributed by atoms with Crippen LogP contribution < -0.4 is 11.5 Å². The number of carboxylic acids is 1. The van der Waals surface area contributed by atoms with Gasteiger partial charge in [0.05, 0.1) is 12.0 Å². The topological polar surface area (TPSA) is 152 Å². The summed E-state index contributed by atoms with van der Waals surface area (Å²) in [6.45, 7) is 0.481. The van der Waals surface area contributed by atoms with E-state index in [1.54, 1.807) is 0 Å². The Morgan fingerprint density at radius 3 is 2.77 bits per heavy atom. The molecule has 3 atom stereocenters. The van der Waals surface area contributed by atoms with Gasteiger partial charge >= 0.3 is 17.8 Å². The van der Waals surface area contributed by atoms with Crippen LogP contribution in [0.1, 0.15) is 37.1 Å². The van der Waals surface area contributed by atoms with Crippen molar-refractivity contribution in [2.24, 2.45) is 11.7 Å². The lowest BCUT2D eigenvalue weighted by Gasteiger charge is -2.31. The molecule has 10 heteroatoms. The number of likely N-dealkylation sites (tertiary alicyclic amines) is 1. The number of aliphatic carboxylic acids is 1. The number of unbranched alkanes of at least 4 members (excludes halogenated alkanes) is 1. The number of ether oxygens (including phenoxy) is 1. The molecule has 1 aromatic heterocycles. The van der Waals surface area contributed by atoms with Crippen molar-refractivity contribution in [2.45, 2.75) is 50.8 Å². The Balaban J connectivity index is 1.57. The van der Waals surface area contributed by atoms with E-state index in [9.17, 15) is 19.5 Å². The van der Waals surface area contributed by atoms with Crippen molar-refractivity contribution in [2.75, 3.05) is 6.54 Å². The number of nitrogens with two attached hydrogens (primary N) is 1. The van der Waals surface area contributed by atoms with Crippen molar-refractivity contribution in [1.82, 2.24) is 15.0 Å². The minimum absolute atomic E-state index is 0.117. The summed E-state index contributed by atoms with van der Waals surface area (Å²) in [5.74, 6) is -1.98. The lowest BCUT2D eigenvalue weighted by atomic mass is 9.89. The van der Waals surface area contributed by atoms with E-state index in [1.807, 2.05) is 30.3 Å². The van der Waals surface area contributed by atoms with Crippen LogP contribution in [0.5, 0.6) is 0 Å². The third-order valence-corrected chi connectivity index (χ3v) is 5.33. The fraction of sp³-hybridized carbons (Fsp3) is 0.500. The zero-order chi connectivity index (χ0) is 21.5. The average molecular weight is 418 g/mol. The Bertz CT molecular complexity index is 896. The Kier molecular flexibility index (Phi) is 7.23. The van der Waals surface area contributed by atoms with Gasteiger partial charge in [0.15, 0.2) is 5.82 Å².